The summed E-state index contributed by atoms with van der Waals surface area (Å²) in [6.45, 7) is 2.05. The molecule has 92 heavy (non-hydrogen) atoms. The lowest BCUT2D eigenvalue weighted by Crippen LogP contribution is -2.64. The highest BCUT2D eigenvalue weighted by atomic mass is 35.5. The van der Waals surface area contributed by atoms with E-state index in [-0.39, 0.29) is 39.6 Å². The number of aliphatic hydroxyl groups is 6. The first-order valence-corrected chi connectivity index (χ1v) is 28.9. The number of hydrogen-bond acceptors (Lipinski definition) is 24. The number of aliphatic carboxylic acids is 1. The van der Waals surface area contributed by atoms with Crippen LogP contribution in [0.1, 0.15) is 84.8 Å². The Bertz CT molecular complexity index is 3790. The van der Waals surface area contributed by atoms with Crippen LogP contribution < -0.4 is 58.0 Å². The number of nitrogens with one attached hydrogen (secondary N) is 5. The molecule has 7 aliphatic rings. The third-order valence-electron chi connectivity index (χ3n) is 16.1. The number of carboxylic acids is 1. The molecule has 6 amide bonds. The minimum Gasteiger partial charge on any atom is -0.508 e. The van der Waals surface area contributed by atoms with E-state index < -0.39 is 219 Å². The van der Waals surface area contributed by atoms with Crippen molar-refractivity contribution in [1.82, 2.24) is 26.6 Å². The van der Waals surface area contributed by atoms with E-state index in [4.69, 9.17) is 68.8 Å². The molecule has 1 unspecified atom stereocenters. The van der Waals surface area contributed by atoms with E-state index in [1.807, 2.05) is 0 Å². The van der Waals surface area contributed by atoms with Crippen molar-refractivity contribution >= 4 is 64.6 Å². The fraction of sp³-hybridized carbons (Fsp3) is 0.373. The first-order chi connectivity index (χ1) is 43.4. The predicted octanol–water partition coefficient (Wildman–Crippen LogP) is -0.685. The third kappa shape index (κ3) is 13.2. The predicted molar refractivity (Wildman–Crippen MR) is 313 cm³/mol. The molecule has 7 aliphatic heterocycles. The molecule has 0 spiro atoms. The van der Waals surface area contributed by atoms with Gasteiger partial charge in [0, 0.05) is 34.7 Å². The molecule has 0 radical (unpaired) electrons. The van der Waals surface area contributed by atoms with Gasteiger partial charge in [-0.3, -0.25) is 28.8 Å². The lowest BCUT2D eigenvalue weighted by molar-refractivity contribution is -0.333. The molecule has 12 rings (SSSR count). The van der Waals surface area contributed by atoms with Gasteiger partial charge in [-0.1, -0.05) is 41.4 Å². The van der Waals surface area contributed by atoms with Crippen LogP contribution in [0.5, 0.6) is 46.0 Å². The van der Waals surface area contributed by atoms with Crippen LogP contribution in [0, 0.1) is 0 Å². The summed E-state index contributed by atoms with van der Waals surface area (Å²) in [4.78, 5) is 100. The Morgan fingerprint density at radius 2 is 1.28 bits per heavy atom. The van der Waals surface area contributed by atoms with Crippen LogP contribution in [0.2, 0.25) is 10.0 Å². The zero-order valence-electron chi connectivity index (χ0n) is 48.1. The molecule has 0 saturated carbocycles. The van der Waals surface area contributed by atoms with E-state index in [1.54, 1.807) is 0 Å². The average Bonchev–Trinajstić information content (AvgIpc) is 0.784. The molecule has 31 nitrogen and oxygen atoms in total. The second-order valence-electron chi connectivity index (χ2n) is 22.8. The molecule has 2 fully saturated rings. The summed E-state index contributed by atoms with van der Waals surface area (Å²) in [5.74, 6) is -14.7. The molecule has 0 aliphatic carbocycles. The molecule has 21 N–H and O–H groups in total. The van der Waals surface area contributed by atoms with Gasteiger partial charge in [-0.25, -0.2) is 4.79 Å². The monoisotopic (exact) mass is 1320 g/mol. The highest BCUT2D eigenvalue weighted by Crippen LogP contribution is 2.50. The Labute approximate surface area is 529 Å². The maximum absolute atomic E-state index is 15.8. The van der Waals surface area contributed by atoms with Gasteiger partial charge in [0.25, 0.3) is 0 Å². The minimum absolute atomic E-state index is 0.0953. The summed E-state index contributed by atoms with van der Waals surface area (Å²) >= 11 is 13.9. The molecule has 7 heterocycles. The number of ether oxygens (including phenoxy) is 6. The highest BCUT2D eigenvalue weighted by molar-refractivity contribution is 6.32. The summed E-state index contributed by atoms with van der Waals surface area (Å²) in [5.41, 5.74) is 14.3. The molecule has 5 aromatic carbocycles. The van der Waals surface area contributed by atoms with E-state index in [9.17, 15) is 75.0 Å². The number of phenols is 3. The number of primary amides is 1. The van der Waals surface area contributed by atoms with Crippen LogP contribution in [0.3, 0.4) is 0 Å². The van der Waals surface area contributed by atoms with Gasteiger partial charge in [-0.05, 0) is 90.7 Å². The fourth-order valence-electron chi connectivity index (χ4n) is 11.3. The summed E-state index contributed by atoms with van der Waals surface area (Å²) < 4.78 is 38.0. The maximum atomic E-state index is 15.8. The van der Waals surface area contributed by atoms with Crippen molar-refractivity contribution in [2.24, 2.45) is 17.2 Å². The third-order valence-corrected chi connectivity index (χ3v) is 16.7. The standard InChI is InChI=1S/C59H62Cl2N8O23/c1-19-51(79)59(2,64)17-38(87-19)91-50-48(78)47(77)36(18-70)90-58(50)92-49-34-12-23-13-35(49)89-33-8-5-22(11-28(33)61)46(76)44-56(84)68-43(57(85)86)26-14-24(71)15-31(73)39(26)25-9-20(3-6-30(25)72)41(54(82)69-44)67-55(83)42(23)66-52(80)29(16-37(62)74)65-53(81)40(63)45(75)21-4-7-32(88-34)27(60)10-21/h3-15,19,29,36,38,40-48,50-51,58,70-73,75-79H,16-18,63-64H2,1-2H3,(H2,62,74)(H,65,81)(H,66,80)(H,67,83)(H,68,84)(H,69,82)(H,85,86)/t19-,29-,36+,38-,40+,41+,42+,43?,44-,45+,46+,47+,48-,50+,51+,58-,59-/m0/s1. The van der Waals surface area contributed by atoms with Crippen molar-refractivity contribution in [1.29, 1.82) is 0 Å². The van der Waals surface area contributed by atoms with Gasteiger partial charge in [-0.2, -0.15) is 0 Å². The van der Waals surface area contributed by atoms with Gasteiger partial charge in [0.05, 0.1) is 35.3 Å². The number of benzene rings is 5. The molecule has 5 aromatic rings. The minimum atomic E-state index is -2.28. The van der Waals surface area contributed by atoms with Gasteiger partial charge in [0.15, 0.2) is 29.9 Å². The topological polar surface area (TPSA) is 515 Å². The fourth-order valence-corrected chi connectivity index (χ4v) is 11.7. The Hall–Kier alpha value is -8.67. The second-order valence-corrected chi connectivity index (χ2v) is 23.6. The van der Waals surface area contributed by atoms with Gasteiger partial charge in [0.2, 0.25) is 47.5 Å². The first kappa shape index (κ1) is 66.3. The van der Waals surface area contributed by atoms with Crippen LogP contribution in [0.25, 0.3) is 11.1 Å². The Morgan fingerprint density at radius 1 is 0.685 bits per heavy atom. The summed E-state index contributed by atoms with van der Waals surface area (Å²) in [7, 11) is 0. The van der Waals surface area contributed by atoms with Crippen molar-refractivity contribution in [2.75, 3.05) is 6.61 Å². The zero-order chi connectivity index (χ0) is 66.7. The highest BCUT2D eigenvalue weighted by Gasteiger charge is 2.51. The summed E-state index contributed by atoms with van der Waals surface area (Å²) in [5, 5.41) is 124. The van der Waals surface area contributed by atoms with E-state index in [0.29, 0.717) is 0 Å². The van der Waals surface area contributed by atoms with Crippen molar-refractivity contribution in [3.8, 4) is 57.1 Å². The van der Waals surface area contributed by atoms with Crippen LogP contribution >= 0.6 is 23.2 Å². The number of aromatic hydroxyl groups is 3. The van der Waals surface area contributed by atoms with Crippen molar-refractivity contribution in [3.05, 3.63) is 117 Å². The van der Waals surface area contributed by atoms with Gasteiger partial charge >= 0.3 is 5.97 Å². The number of carbonyl (C=O) groups excluding carboxylic acids is 6. The molecule has 2 saturated heterocycles. The van der Waals surface area contributed by atoms with Gasteiger partial charge in [0.1, 0.15) is 89.5 Å². The maximum Gasteiger partial charge on any atom is 0.330 e. The number of aliphatic hydroxyl groups excluding tert-OH is 6. The molecule has 11 bridgehead atoms. The Balaban J connectivity index is 1.24. The molecule has 490 valence electrons. The molecule has 17 atom stereocenters. The largest absolute Gasteiger partial charge is 0.508 e. The Kier molecular flexibility index (Phi) is 18.8. The zero-order valence-corrected chi connectivity index (χ0v) is 49.6. The van der Waals surface area contributed by atoms with E-state index in [1.165, 1.54) is 26.0 Å². The number of hydrogen-bond donors (Lipinski definition) is 18. The van der Waals surface area contributed by atoms with Crippen molar-refractivity contribution in [3.63, 3.8) is 0 Å². The number of amides is 6. The summed E-state index contributed by atoms with van der Waals surface area (Å²) in [6.07, 6.45) is -18.3. The first-order valence-electron chi connectivity index (χ1n) is 28.2. The smallest absolute Gasteiger partial charge is 0.330 e. The molecule has 0 aromatic heterocycles. The van der Waals surface area contributed by atoms with Crippen molar-refractivity contribution < 1.29 is 113 Å². The number of carbonyl (C=O) groups is 7. The number of nitrogens with two attached hydrogens (primary N) is 3. The number of carboxylic acid groups (broad SMARTS) is 1. The number of phenolic OH excluding ortho intramolecular Hbond substituents is 3. The SMILES string of the molecule is C[C@@H]1O[C@@H](O[C@H]2[C@H](Oc3c4cc5cc3Oc3ccc(cc3Cl)[C@@H](O)[C@@H](N)C(=O)N[C@@H](CC(N)=O)C(=O)N[C@H]5C(=O)N[C@H]3C(=O)N[C@H](C(=O)NC(C(=O)O)c5cc(O)cc(O)c5-c5cc3ccc5O)[C@H](O)c3ccc(c(Cl)c3)O4)O[C@H](CO)[C@@H](O)[C@@H]2O)C[C@](C)(N)[C@@H]1O. The Morgan fingerprint density at radius 3 is 1.88 bits per heavy atom. The lowest BCUT2D eigenvalue weighted by Gasteiger charge is -2.47. The van der Waals surface area contributed by atoms with E-state index >= 15 is 9.59 Å². The number of fused-ring (bicyclic) bond motifs is 15. The van der Waals surface area contributed by atoms with Crippen molar-refractivity contribution in [2.45, 2.75) is 130 Å². The second kappa shape index (κ2) is 26.1. The molecular formula is C59H62Cl2N8O23. The van der Waals surface area contributed by atoms with E-state index in [0.717, 1.165) is 66.7 Å². The molecule has 33 heteroatoms. The van der Waals surface area contributed by atoms with Gasteiger partial charge < -0.3 is 123 Å². The quantitative estimate of drug-likeness (QED) is 0.0915. The number of halogens is 2. The van der Waals surface area contributed by atoms with Crippen LogP contribution in [-0.4, -0.2) is 172 Å². The summed E-state index contributed by atoms with van der Waals surface area (Å²) in [6, 6.07) is 0.765. The number of rotatable bonds is 8. The van der Waals surface area contributed by atoms with Gasteiger partial charge in [-0.15, -0.1) is 0 Å². The lowest BCUT2D eigenvalue weighted by atomic mass is 9.86. The average molecular weight is 1320 g/mol. The van der Waals surface area contributed by atoms with E-state index in [2.05, 4.69) is 26.6 Å². The van der Waals surface area contributed by atoms with Crippen LogP contribution in [0.4, 0.5) is 0 Å². The van der Waals surface area contributed by atoms with Crippen LogP contribution in [-0.2, 0) is 47.8 Å². The van der Waals surface area contributed by atoms with Crippen LogP contribution in [0.15, 0.2) is 78.9 Å². The normalized spacial score (nSPS) is 30.8. The molecular weight excluding hydrogens is 1260 g/mol.